The van der Waals surface area contributed by atoms with Crippen molar-refractivity contribution in [3.05, 3.63) is 17.8 Å². The van der Waals surface area contributed by atoms with E-state index in [9.17, 15) is 0 Å². The third-order valence-electron chi connectivity index (χ3n) is 2.52. The van der Waals surface area contributed by atoms with E-state index in [0.717, 1.165) is 29.9 Å². The average Bonchev–Trinajstić information content (AvgIpc) is 2.21. The summed E-state index contributed by atoms with van der Waals surface area (Å²) in [5.41, 5.74) is 7.73. The first-order chi connectivity index (χ1) is 7.17. The second-order valence-electron chi connectivity index (χ2n) is 3.99. The summed E-state index contributed by atoms with van der Waals surface area (Å²) in [5, 5.41) is 3.39. The van der Waals surface area contributed by atoms with Crippen molar-refractivity contribution in [2.75, 3.05) is 11.1 Å². The number of nitrogens with one attached hydrogen (secondary N) is 1. The Bertz CT molecular complexity index is 310. The van der Waals surface area contributed by atoms with Gasteiger partial charge >= 0.3 is 0 Å². The second kappa shape index (κ2) is 5.59. The summed E-state index contributed by atoms with van der Waals surface area (Å²) in [6.07, 6.45) is 5.28. The normalized spacial score (nSPS) is 12.5. The molecule has 1 atom stereocenters. The van der Waals surface area contributed by atoms with Crippen LogP contribution in [0.1, 0.15) is 38.7 Å². The molecule has 15 heavy (non-hydrogen) atoms. The molecule has 0 bridgehead atoms. The van der Waals surface area contributed by atoms with Crippen LogP contribution in [0.15, 0.2) is 12.3 Å². The summed E-state index contributed by atoms with van der Waals surface area (Å²) in [6, 6.07) is 2.43. The zero-order valence-corrected chi connectivity index (χ0v) is 9.88. The Labute approximate surface area is 92.1 Å². The Morgan fingerprint density at radius 3 is 2.73 bits per heavy atom. The highest BCUT2D eigenvalue weighted by atomic mass is 15.0. The number of rotatable bonds is 5. The molecule has 0 fully saturated rings. The molecule has 84 valence electrons. The van der Waals surface area contributed by atoms with Gasteiger partial charge in [-0.2, -0.15) is 0 Å². The fourth-order valence-corrected chi connectivity index (χ4v) is 1.63. The summed E-state index contributed by atoms with van der Waals surface area (Å²) in [4.78, 5) is 4.31. The number of anilines is 2. The van der Waals surface area contributed by atoms with Crippen molar-refractivity contribution in [2.24, 2.45) is 0 Å². The van der Waals surface area contributed by atoms with Gasteiger partial charge in [-0.3, -0.25) is 0 Å². The van der Waals surface area contributed by atoms with Crippen LogP contribution in [0.3, 0.4) is 0 Å². The Hall–Kier alpha value is -1.25. The molecule has 0 aliphatic rings. The van der Waals surface area contributed by atoms with E-state index in [4.69, 9.17) is 5.73 Å². The predicted molar refractivity (Wildman–Crippen MR) is 66.0 cm³/mol. The lowest BCUT2D eigenvalue weighted by Gasteiger charge is -2.17. The minimum absolute atomic E-state index is 0.479. The van der Waals surface area contributed by atoms with Crippen molar-refractivity contribution in [1.82, 2.24) is 4.98 Å². The van der Waals surface area contributed by atoms with Gasteiger partial charge in [0, 0.05) is 12.2 Å². The highest BCUT2D eigenvalue weighted by Crippen LogP contribution is 2.18. The van der Waals surface area contributed by atoms with Gasteiger partial charge in [0.25, 0.3) is 0 Å². The smallest absolute Gasteiger partial charge is 0.149 e. The Kier molecular flexibility index (Phi) is 4.40. The number of aromatic nitrogens is 1. The number of nitrogen functional groups attached to an aromatic ring is 1. The summed E-state index contributed by atoms with van der Waals surface area (Å²) in [5.74, 6) is 0.820. The van der Waals surface area contributed by atoms with Gasteiger partial charge in [0.15, 0.2) is 0 Å². The van der Waals surface area contributed by atoms with Crippen molar-refractivity contribution in [1.29, 1.82) is 0 Å². The maximum absolute atomic E-state index is 5.90. The maximum Gasteiger partial charge on any atom is 0.149 e. The van der Waals surface area contributed by atoms with Crippen LogP contribution in [0.2, 0.25) is 0 Å². The molecular formula is C12H21N3. The van der Waals surface area contributed by atoms with E-state index in [1.54, 1.807) is 0 Å². The molecule has 0 aliphatic heterocycles. The van der Waals surface area contributed by atoms with E-state index in [1.165, 1.54) is 6.42 Å². The van der Waals surface area contributed by atoms with E-state index in [1.807, 2.05) is 19.2 Å². The summed E-state index contributed by atoms with van der Waals surface area (Å²) in [7, 11) is 0. The van der Waals surface area contributed by atoms with Gasteiger partial charge in [0.1, 0.15) is 5.82 Å². The fraction of sp³-hybridized carbons (Fsp3) is 0.583. The van der Waals surface area contributed by atoms with Gasteiger partial charge in [0.2, 0.25) is 0 Å². The molecule has 1 aromatic rings. The number of nitrogens with two attached hydrogens (primary N) is 1. The van der Waals surface area contributed by atoms with Crippen LogP contribution in [-0.4, -0.2) is 11.0 Å². The zero-order valence-electron chi connectivity index (χ0n) is 9.88. The zero-order chi connectivity index (χ0) is 11.3. The van der Waals surface area contributed by atoms with Gasteiger partial charge in [-0.1, -0.05) is 20.3 Å². The number of hydrogen-bond donors (Lipinski definition) is 2. The summed E-state index contributed by atoms with van der Waals surface area (Å²) >= 11 is 0. The van der Waals surface area contributed by atoms with Crippen LogP contribution in [0, 0.1) is 6.92 Å². The third kappa shape index (κ3) is 3.42. The monoisotopic (exact) mass is 207 g/mol. The van der Waals surface area contributed by atoms with Crippen molar-refractivity contribution in [2.45, 2.75) is 46.1 Å². The highest BCUT2D eigenvalue weighted by molar-refractivity contribution is 5.61. The van der Waals surface area contributed by atoms with Gasteiger partial charge < -0.3 is 11.1 Å². The quantitative estimate of drug-likeness (QED) is 0.780. The fourth-order valence-electron chi connectivity index (χ4n) is 1.63. The molecule has 1 heterocycles. The van der Waals surface area contributed by atoms with E-state index in [0.29, 0.717) is 6.04 Å². The number of nitrogens with zero attached hydrogens (tertiary/aromatic N) is 1. The lowest BCUT2D eigenvalue weighted by Crippen LogP contribution is -2.19. The van der Waals surface area contributed by atoms with Gasteiger partial charge in [0.05, 0.1) is 5.69 Å². The maximum atomic E-state index is 5.90. The molecule has 3 nitrogen and oxygen atoms in total. The van der Waals surface area contributed by atoms with Crippen molar-refractivity contribution < 1.29 is 0 Å². The minimum Gasteiger partial charge on any atom is -0.396 e. The first-order valence-electron chi connectivity index (χ1n) is 5.66. The molecule has 0 saturated heterocycles. The van der Waals surface area contributed by atoms with Crippen LogP contribution < -0.4 is 11.1 Å². The molecule has 1 unspecified atom stereocenters. The SMILES string of the molecule is CCCC(CC)Nc1ncc(C)cc1N. The van der Waals surface area contributed by atoms with E-state index < -0.39 is 0 Å². The minimum atomic E-state index is 0.479. The Morgan fingerprint density at radius 1 is 1.47 bits per heavy atom. The summed E-state index contributed by atoms with van der Waals surface area (Å²) < 4.78 is 0. The van der Waals surface area contributed by atoms with Crippen molar-refractivity contribution in [3.8, 4) is 0 Å². The largest absolute Gasteiger partial charge is 0.396 e. The van der Waals surface area contributed by atoms with Gasteiger partial charge in [-0.25, -0.2) is 4.98 Å². The molecule has 0 aromatic carbocycles. The van der Waals surface area contributed by atoms with E-state index in [2.05, 4.69) is 24.1 Å². The standard InChI is InChI=1S/C12H21N3/c1-4-6-10(5-2)15-12-11(13)7-9(3)8-14-12/h7-8,10H,4-6,13H2,1-3H3,(H,14,15). The molecule has 1 aromatic heterocycles. The first kappa shape index (κ1) is 11.8. The molecule has 0 radical (unpaired) electrons. The average molecular weight is 207 g/mol. The molecule has 0 saturated carbocycles. The van der Waals surface area contributed by atoms with Crippen LogP contribution in [0.5, 0.6) is 0 Å². The lowest BCUT2D eigenvalue weighted by molar-refractivity contribution is 0.621. The van der Waals surface area contributed by atoms with Crippen LogP contribution in [0.25, 0.3) is 0 Å². The number of aryl methyl sites for hydroxylation is 1. The molecule has 0 aliphatic carbocycles. The molecule has 0 amide bonds. The second-order valence-corrected chi connectivity index (χ2v) is 3.99. The van der Waals surface area contributed by atoms with Gasteiger partial charge in [-0.15, -0.1) is 0 Å². The topological polar surface area (TPSA) is 50.9 Å². The lowest BCUT2D eigenvalue weighted by atomic mass is 10.1. The molecule has 3 heteroatoms. The molecule has 0 spiro atoms. The van der Waals surface area contributed by atoms with Crippen molar-refractivity contribution >= 4 is 11.5 Å². The van der Waals surface area contributed by atoms with Gasteiger partial charge in [-0.05, 0) is 31.4 Å². The Morgan fingerprint density at radius 2 is 2.20 bits per heavy atom. The Balaban J connectivity index is 2.70. The summed E-state index contributed by atoms with van der Waals surface area (Å²) in [6.45, 7) is 6.37. The molecule has 1 rings (SSSR count). The molecule has 3 N–H and O–H groups in total. The third-order valence-corrected chi connectivity index (χ3v) is 2.52. The van der Waals surface area contributed by atoms with Crippen LogP contribution in [0.4, 0.5) is 11.5 Å². The predicted octanol–water partition coefficient (Wildman–Crippen LogP) is 2.96. The van der Waals surface area contributed by atoms with Crippen LogP contribution >= 0.6 is 0 Å². The van der Waals surface area contributed by atoms with E-state index in [-0.39, 0.29) is 0 Å². The highest BCUT2D eigenvalue weighted by Gasteiger charge is 2.07. The van der Waals surface area contributed by atoms with Crippen LogP contribution in [-0.2, 0) is 0 Å². The number of hydrogen-bond acceptors (Lipinski definition) is 3. The molecular weight excluding hydrogens is 186 g/mol. The number of pyridine rings is 1. The van der Waals surface area contributed by atoms with E-state index >= 15 is 0 Å². The van der Waals surface area contributed by atoms with Crippen molar-refractivity contribution in [3.63, 3.8) is 0 Å². The first-order valence-corrected chi connectivity index (χ1v) is 5.66.